The lowest BCUT2D eigenvalue weighted by Gasteiger charge is -2.12. The lowest BCUT2D eigenvalue weighted by Crippen LogP contribution is -2.38. The second-order valence-corrected chi connectivity index (χ2v) is 5.15. The van der Waals surface area contributed by atoms with Gasteiger partial charge in [-0.15, -0.1) is 24.0 Å². The number of unbranched alkanes of at least 4 members (excludes halogenated alkanes) is 2. The summed E-state index contributed by atoms with van der Waals surface area (Å²) in [4.78, 5) is 15.1. The Labute approximate surface area is 160 Å². The summed E-state index contributed by atoms with van der Waals surface area (Å²) < 4.78 is 18.1. The summed E-state index contributed by atoms with van der Waals surface area (Å²) in [5.41, 5.74) is 0.693. The van der Waals surface area contributed by atoms with Crippen molar-refractivity contribution >= 4 is 35.9 Å². The van der Waals surface area contributed by atoms with Crippen molar-refractivity contribution in [1.82, 2.24) is 10.6 Å². The maximum Gasteiger partial charge on any atom is 0.305 e. The van der Waals surface area contributed by atoms with Gasteiger partial charge >= 0.3 is 5.97 Å². The minimum absolute atomic E-state index is 0. The fourth-order valence-electron chi connectivity index (χ4n) is 2.12. The number of benzene rings is 1. The Hall–Kier alpha value is -1.38. The maximum absolute atomic E-state index is 13.5. The first-order valence-corrected chi connectivity index (χ1v) is 7.92. The zero-order valence-corrected chi connectivity index (χ0v) is 16.6. The molecule has 0 heterocycles. The number of hydrogen-bond acceptors (Lipinski definition) is 3. The first-order chi connectivity index (χ1) is 11.2. The van der Waals surface area contributed by atoms with Crippen molar-refractivity contribution in [3.05, 3.63) is 35.6 Å². The third-order valence-electron chi connectivity index (χ3n) is 3.45. The van der Waals surface area contributed by atoms with Crippen LogP contribution in [0.15, 0.2) is 29.3 Å². The summed E-state index contributed by atoms with van der Waals surface area (Å²) in [6, 6.07) is 6.78. The molecule has 0 aliphatic carbocycles. The van der Waals surface area contributed by atoms with Crippen LogP contribution in [0.4, 0.5) is 4.39 Å². The average molecular weight is 451 g/mol. The first kappa shape index (κ1) is 22.6. The number of nitrogens with one attached hydrogen (secondary N) is 2. The SMILES string of the molecule is CN=C(NCCCCCC(=O)OC)NCCc1ccccc1F.I. The first-order valence-electron chi connectivity index (χ1n) is 7.92. The van der Waals surface area contributed by atoms with Crippen molar-refractivity contribution in [2.75, 3.05) is 27.2 Å². The minimum Gasteiger partial charge on any atom is -0.469 e. The van der Waals surface area contributed by atoms with Gasteiger partial charge in [-0.3, -0.25) is 9.79 Å². The standard InChI is InChI=1S/C17H26FN3O2.HI/c1-19-17(20-12-7-3-4-10-16(22)23-2)21-13-11-14-8-5-6-9-15(14)18;/h5-6,8-9H,3-4,7,10-13H2,1-2H3,(H2,19,20,21);1H. The van der Waals surface area contributed by atoms with Crippen LogP contribution >= 0.6 is 24.0 Å². The highest BCUT2D eigenvalue weighted by atomic mass is 127. The van der Waals surface area contributed by atoms with Crippen LogP contribution in [0.2, 0.25) is 0 Å². The van der Waals surface area contributed by atoms with Gasteiger partial charge in [-0.05, 0) is 30.9 Å². The van der Waals surface area contributed by atoms with Crippen molar-refractivity contribution in [2.45, 2.75) is 32.1 Å². The fraction of sp³-hybridized carbons (Fsp3) is 0.529. The molecule has 1 rings (SSSR count). The van der Waals surface area contributed by atoms with E-state index in [-0.39, 0.29) is 35.8 Å². The van der Waals surface area contributed by atoms with Gasteiger partial charge in [0.1, 0.15) is 5.82 Å². The van der Waals surface area contributed by atoms with Gasteiger partial charge in [0.15, 0.2) is 5.96 Å². The Morgan fingerprint density at radius 2 is 1.88 bits per heavy atom. The van der Waals surface area contributed by atoms with Gasteiger partial charge in [0.05, 0.1) is 7.11 Å². The third-order valence-corrected chi connectivity index (χ3v) is 3.45. The lowest BCUT2D eigenvalue weighted by molar-refractivity contribution is -0.140. The Balaban J connectivity index is 0.00000529. The van der Waals surface area contributed by atoms with Crippen molar-refractivity contribution in [3.63, 3.8) is 0 Å². The van der Waals surface area contributed by atoms with E-state index in [0.29, 0.717) is 30.9 Å². The van der Waals surface area contributed by atoms with Crippen molar-refractivity contribution in [2.24, 2.45) is 4.99 Å². The summed E-state index contributed by atoms with van der Waals surface area (Å²) in [7, 11) is 3.11. The number of aliphatic imine (C=N–C) groups is 1. The van der Waals surface area contributed by atoms with Crippen molar-refractivity contribution in [1.29, 1.82) is 0 Å². The molecule has 0 unspecified atom stereocenters. The lowest BCUT2D eigenvalue weighted by atomic mass is 10.1. The molecule has 0 bridgehead atoms. The highest BCUT2D eigenvalue weighted by Crippen LogP contribution is 2.06. The molecule has 1 aromatic rings. The predicted molar refractivity (Wildman–Crippen MR) is 105 cm³/mol. The molecule has 24 heavy (non-hydrogen) atoms. The number of esters is 1. The monoisotopic (exact) mass is 451 g/mol. The molecule has 0 saturated carbocycles. The van der Waals surface area contributed by atoms with Crippen LogP contribution in [0.3, 0.4) is 0 Å². The third kappa shape index (κ3) is 9.69. The zero-order chi connectivity index (χ0) is 16.9. The number of rotatable bonds is 9. The van der Waals surface area contributed by atoms with Crippen LogP contribution in [0.1, 0.15) is 31.2 Å². The van der Waals surface area contributed by atoms with Crippen molar-refractivity contribution < 1.29 is 13.9 Å². The Morgan fingerprint density at radius 3 is 2.54 bits per heavy atom. The zero-order valence-electron chi connectivity index (χ0n) is 14.3. The maximum atomic E-state index is 13.5. The molecule has 0 aromatic heterocycles. The molecule has 0 aliphatic rings. The quantitative estimate of drug-likeness (QED) is 0.199. The molecule has 136 valence electrons. The summed E-state index contributed by atoms with van der Waals surface area (Å²) >= 11 is 0. The number of carbonyl (C=O) groups is 1. The molecule has 7 heteroatoms. The van der Waals surface area contributed by atoms with E-state index in [1.165, 1.54) is 13.2 Å². The molecule has 0 fully saturated rings. The number of methoxy groups -OCH3 is 1. The van der Waals surface area contributed by atoms with E-state index in [4.69, 9.17) is 0 Å². The number of guanidine groups is 1. The van der Waals surface area contributed by atoms with Crippen LogP contribution in [-0.4, -0.2) is 39.2 Å². The Bertz CT molecular complexity index is 512. The minimum atomic E-state index is -0.178. The number of hydrogen-bond donors (Lipinski definition) is 2. The Kier molecular flexibility index (Phi) is 13.2. The highest BCUT2D eigenvalue weighted by Gasteiger charge is 2.02. The average Bonchev–Trinajstić information content (AvgIpc) is 2.57. The normalized spacial score (nSPS) is 10.7. The van der Waals surface area contributed by atoms with E-state index in [0.717, 1.165) is 25.8 Å². The molecule has 0 atom stereocenters. The molecular formula is C17H27FIN3O2. The van der Waals surface area contributed by atoms with Gasteiger partial charge < -0.3 is 15.4 Å². The molecule has 0 spiro atoms. The van der Waals surface area contributed by atoms with Crippen LogP contribution in [0.5, 0.6) is 0 Å². The fourth-order valence-corrected chi connectivity index (χ4v) is 2.12. The summed E-state index contributed by atoms with van der Waals surface area (Å²) in [5, 5.41) is 6.36. The van der Waals surface area contributed by atoms with Gasteiger partial charge in [-0.25, -0.2) is 4.39 Å². The van der Waals surface area contributed by atoms with E-state index in [1.807, 2.05) is 6.07 Å². The summed E-state index contributed by atoms with van der Waals surface area (Å²) in [5.74, 6) is 0.362. The molecule has 0 amide bonds. The van der Waals surface area contributed by atoms with E-state index in [9.17, 15) is 9.18 Å². The molecule has 1 aromatic carbocycles. The van der Waals surface area contributed by atoms with Gasteiger partial charge in [-0.2, -0.15) is 0 Å². The van der Waals surface area contributed by atoms with Crippen molar-refractivity contribution in [3.8, 4) is 0 Å². The van der Waals surface area contributed by atoms with E-state index in [1.54, 1.807) is 19.2 Å². The van der Waals surface area contributed by atoms with Crippen LogP contribution in [0, 0.1) is 5.82 Å². The molecule has 0 radical (unpaired) electrons. The van der Waals surface area contributed by atoms with Crippen LogP contribution < -0.4 is 10.6 Å². The van der Waals surface area contributed by atoms with Gasteiger partial charge in [0, 0.05) is 26.6 Å². The summed E-state index contributed by atoms with van der Waals surface area (Å²) in [6.07, 6.45) is 3.80. The second-order valence-electron chi connectivity index (χ2n) is 5.15. The van der Waals surface area contributed by atoms with Gasteiger partial charge in [0.25, 0.3) is 0 Å². The van der Waals surface area contributed by atoms with E-state index < -0.39 is 0 Å². The van der Waals surface area contributed by atoms with E-state index >= 15 is 0 Å². The number of nitrogens with zero attached hydrogens (tertiary/aromatic N) is 1. The van der Waals surface area contributed by atoms with Crippen LogP contribution in [-0.2, 0) is 16.0 Å². The topological polar surface area (TPSA) is 62.7 Å². The second kappa shape index (κ2) is 14.0. The van der Waals surface area contributed by atoms with Gasteiger partial charge in [-0.1, -0.05) is 24.6 Å². The number of halogens is 2. The molecule has 0 saturated heterocycles. The molecule has 0 aliphatic heterocycles. The predicted octanol–water partition coefficient (Wildman–Crippen LogP) is 2.88. The number of carbonyl (C=O) groups excluding carboxylic acids is 1. The highest BCUT2D eigenvalue weighted by molar-refractivity contribution is 14.0. The molecule has 5 nitrogen and oxygen atoms in total. The molecular weight excluding hydrogens is 424 g/mol. The molecule has 2 N–H and O–H groups in total. The smallest absolute Gasteiger partial charge is 0.305 e. The van der Waals surface area contributed by atoms with Crippen LogP contribution in [0.25, 0.3) is 0 Å². The number of ether oxygens (including phenoxy) is 1. The summed E-state index contributed by atoms with van der Waals surface area (Å²) in [6.45, 7) is 1.39. The largest absolute Gasteiger partial charge is 0.469 e. The van der Waals surface area contributed by atoms with Gasteiger partial charge in [0.2, 0.25) is 0 Å². The van der Waals surface area contributed by atoms with E-state index in [2.05, 4.69) is 20.4 Å². The Morgan fingerprint density at radius 1 is 1.17 bits per heavy atom.